The lowest BCUT2D eigenvalue weighted by molar-refractivity contribution is -0.113. The van der Waals surface area contributed by atoms with Crippen LogP contribution in [0.15, 0.2) is 47.6 Å². The number of hydrogen-bond acceptors (Lipinski definition) is 6. The summed E-state index contributed by atoms with van der Waals surface area (Å²) in [4.78, 5) is 20.9. The molecule has 2 aromatic carbocycles. The van der Waals surface area contributed by atoms with Crippen LogP contribution in [0.1, 0.15) is 12.5 Å². The molecule has 0 unspecified atom stereocenters. The Kier molecular flexibility index (Phi) is 5.36. The van der Waals surface area contributed by atoms with Crippen molar-refractivity contribution in [2.45, 2.75) is 18.5 Å². The highest BCUT2D eigenvalue weighted by Gasteiger charge is 2.12. The number of carbonyl (C=O) groups is 1. The first-order chi connectivity index (χ1) is 13.6. The molecule has 2 heterocycles. The summed E-state index contributed by atoms with van der Waals surface area (Å²) >= 11 is 2.47. The van der Waals surface area contributed by atoms with Crippen LogP contribution in [0.2, 0.25) is 0 Å². The number of benzene rings is 2. The number of thiazole rings is 1. The molecule has 0 aliphatic heterocycles. The van der Waals surface area contributed by atoms with E-state index >= 15 is 0 Å². The zero-order valence-corrected chi connectivity index (χ0v) is 16.5. The number of nitrogens with one attached hydrogen (secondary N) is 2. The van der Waals surface area contributed by atoms with Gasteiger partial charge < -0.3 is 5.32 Å². The fourth-order valence-electron chi connectivity index (χ4n) is 2.58. The lowest BCUT2D eigenvalue weighted by Gasteiger charge is -1.99. The van der Waals surface area contributed by atoms with Gasteiger partial charge in [0.2, 0.25) is 11.1 Å². The number of carbonyl (C=O) groups excluding carboxylic acids is 1. The van der Waals surface area contributed by atoms with Crippen molar-refractivity contribution in [2.24, 2.45) is 0 Å². The lowest BCUT2D eigenvalue weighted by atomic mass is 10.1. The third kappa shape index (κ3) is 4.20. The van der Waals surface area contributed by atoms with E-state index in [9.17, 15) is 9.18 Å². The Labute approximate surface area is 168 Å². The van der Waals surface area contributed by atoms with E-state index < -0.39 is 0 Å². The molecule has 0 atom stereocenters. The van der Waals surface area contributed by atoms with Gasteiger partial charge in [0.25, 0.3) is 0 Å². The lowest BCUT2D eigenvalue weighted by Crippen LogP contribution is -2.13. The molecule has 2 N–H and O–H groups in total. The Hall–Kier alpha value is -2.78. The van der Waals surface area contributed by atoms with Gasteiger partial charge in [-0.25, -0.2) is 14.4 Å². The van der Waals surface area contributed by atoms with Crippen molar-refractivity contribution < 1.29 is 9.18 Å². The fourth-order valence-corrected chi connectivity index (χ4v) is 4.08. The summed E-state index contributed by atoms with van der Waals surface area (Å²) in [5, 5.41) is 10.7. The molecule has 6 nitrogen and oxygen atoms in total. The first-order valence-corrected chi connectivity index (χ1v) is 10.4. The number of rotatable bonds is 6. The fraction of sp³-hybridized carbons (Fsp3) is 0.158. The van der Waals surface area contributed by atoms with Gasteiger partial charge in [0, 0.05) is 5.56 Å². The zero-order valence-electron chi connectivity index (χ0n) is 14.9. The normalized spacial score (nSPS) is 11.1. The average molecular weight is 414 g/mol. The third-order valence-corrected chi connectivity index (χ3v) is 5.81. The number of fused-ring (bicyclic) bond motifs is 1. The highest BCUT2D eigenvalue weighted by molar-refractivity contribution is 7.99. The molecule has 9 heteroatoms. The molecular weight excluding hydrogens is 397 g/mol. The summed E-state index contributed by atoms with van der Waals surface area (Å²) in [6.07, 6.45) is 0.983. The second kappa shape index (κ2) is 8.07. The number of aryl methyl sites for hydroxylation is 1. The molecule has 28 heavy (non-hydrogen) atoms. The first kappa shape index (κ1) is 18.6. The summed E-state index contributed by atoms with van der Waals surface area (Å²) in [5.74, 6) is 0.271. The predicted molar refractivity (Wildman–Crippen MR) is 110 cm³/mol. The second-order valence-electron chi connectivity index (χ2n) is 5.98. The minimum absolute atomic E-state index is 0.149. The number of hydrogen-bond donors (Lipinski definition) is 2. The van der Waals surface area contributed by atoms with E-state index in [1.807, 2.05) is 12.1 Å². The van der Waals surface area contributed by atoms with Crippen molar-refractivity contribution >= 4 is 44.4 Å². The molecule has 2 aromatic heterocycles. The monoisotopic (exact) mass is 413 g/mol. The standard InChI is InChI=1S/C19H16FN5OS2/c1-2-11-3-5-12(6-4-11)17-23-19(25-24-17)27-10-16(26)22-18-21-14-8-7-13(20)9-15(14)28-18/h3-9H,2,10H2,1H3,(H,21,22,26)(H,23,24,25). The maximum absolute atomic E-state index is 13.3. The molecule has 0 bridgehead atoms. The topological polar surface area (TPSA) is 83.6 Å². The van der Waals surface area contributed by atoms with E-state index in [1.165, 1.54) is 40.8 Å². The Morgan fingerprint density at radius 1 is 1.21 bits per heavy atom. The van der Waals surface area contributed by atoms with Gasteiger partial charge in [-0.05, 0) is 30.2 Å². The molecule has 4 aromatic rings. The van der Waals surface area contributed by atoms with Gasteiger partial charge in [-0.3, -0.25) is 9.89 Å². The summed E-state index contributed by atoms with van der Waals surface area (Å²) in [6, 6.07) is 12.4. The molecular formula is C19H16FN5OS2. The molecule has 142 valence electrons. The Bertz CT molecular complexity index is 1120. The van der Waals surface area contributed by atoms with Crippen molar-refractivity contribution in [1.29, 1.82) is 0 Å². The van der Waals surface area contributed by atoms with Crippen molar-refractivity contribution in [3.05, 3.63) is 53.8 Å². The quantitative estimate of drug-likeness (QED) is 0.454. The highest BCUT2D eigenvalue weighted by Crippen LogP contribution is 2.27. The number of amides is 1. The number of aromatic amines is 1. The van der Waals surface area contributed by atoms with E-state index in [2.05, 4.69) is 44.5 Å². The predicted octanol–water partition coefficient (Wildman–Crippen LogP) is 4.51. The minimum atomic E-state index is -0.325. The molecule has 4 rings (SSSR count). The van der Waals surface area contributed by atoms with Crippen LogP contribution in [-0.2, 0) is 11.2 Å². The Balaban J connectivity index is 1.36. The summed E-state index contributed by atoms with van der Waals surface area (Å²) in [5.41, 5.74) is 2.86. The molecule has 0 aliphatic rings. The van der Waals surface area contributed by atoms with Crippen LogP contribution in [0, 0.1) is 5.82 Å². The van der Waals surface area contributed by atoms with Crippen LogP contribution in [0.5, 0.6) is 0 Å². The number of anilines is 1. The van der Waals surface area contributed by atoms with Gasteiger partial charge in [-0.2, -0.15) is 0 Å². The molecule has 0 aliphatic carbocycles. The van der Waals surface area contributed by atoms with Gasteiger partial charge in [0.1, 0.15) is 5.82 Å². The zero-order chi connectivity index (χ0) is 19.5. The molecule has 0 radical (unpaired) electrons. The average Bonchev–Trinajstić information content (AvgIpc) is 3.32. The summed E-state index contributed by atoms with van der Waals surface area (Å²) in [6.45, 7) is 2.11. The van der Waals surface area contributed by atoms with Crippen molar-refractivity contribution in [2.75, 3.05) is 11.1 Å². The van der Waals surface area contributed by atoms with E-state index in [0.717, 1.165) is 12.0 Å². The van der Waals surface area contributed by atoms with Crippen LogP contribution in [0.3, 0.4) is 0 Å². The molecule has 0 saturated heterocycles. The van der Waals surface area contributed by atoms with Crippen LogP contribution in [0.25, 0.3) is 21.6 Å². The van der Waals surface area contributed by atoms with Gasteiger partial charge in [-0.15, -0.1) is 5.10 Å². The van der Waals surface area contributed by atoms with Crippen LogP contribution >= 0.6 is 23.1 Å². The van der Waals surface area contributed by atoms with E-state index in [1.54, 1.807) is 6.07 Å². The maximum Gasteiger partial charge on any atom is 0.236 e. The molecule has 0 fully saturated rings. The Morgan fingerprint density at radius 3 is 2.82 bits per heavy atom. The maximum atomic E-state index is 13.3. The largest absolute Gasteiger partial charge is 0.301 e. The van der Waals surface area contributed by atoms with Crippen molar-refractivity contribution in [3.8, 4) is 11.4 Å². The second-order valence-corrected chi connectivity index (χ2v) is 7.96. The van der Waals surface area contributed by atoms with E-state index in [4.69, 9.17) is 0 Å². The number of nitrogens with zero attached hydrogens (tertiary/aromatic N) is 3. The number of halogens is 1. The van der Waals surface area contributed by atoms with Gasteiger partial charge in [0.05, 0.1) is 16.0 Å². The summed E-state index contributed by atoms with van der Waals surface area (Å²) < 4.78 is 13.9. The molecule has 1 amide bonds. The number of H-pyrrole nitrogens is 1. The van der Waals surface area contributed by atoms with E-state index in [0.29, 0.717) is 26.3 Å². The highest BCUT2D eigenvalue weighted by atomic mass is 32.2. The smallest absolute Gasteiger partial charge is 0.236 e. The number of thioether (sulfide) groups is 1. The first-order valence-electron chi connectivity index (χ1n) is 8.61. The van der Waals surface area contributed by atoms with Crippen molar-refractivity contribution in [3.63, 3.8) is 0 Å². The number of aromatic nitrogens is 4. The van der Waals surface area contributed by atoms with E-state index in [-0.39, 0.29) is 17.5 Å². The molecule has 0 saturated carbocycles. The Morgan fingerprint density at radius 2 is 2.04 bits per heavy atom. The summed E-state index contributed by atoms with van der Waals surface area (Å²) in [7, 11) is 0. The minimum Gasteiger partial charge on any atom is -0.301 e. The van der Waals surface area contributed by atoms with Crippen molar-refractivity contribution in [1.82, 2.24) is 20.2 Å². The van der Waals surface area contributed by atoms with Gasteiger partial charge >= 0.3 is 0 Å². The van der Waals surface area contributed by atoms with Gasteiger partial charge in [0.15, 0.2) is 11.0 Å². The third-order valence-electron chi connectivity index (χ3n) is 4.03. The molecule has 0 spiro atoms. The van der Waals surface area contributed by atoms with Crippen LogP contribution < -0.4 is 5.32 Å². The SMILES string of the molecule is CCc1ccc(-c2nc(SCC(=O)Nc3nc4ccc(F)cc4s3)n[nH]2)cc1. The van der Waals surface area contributed by atoms with Crippen LogP contribution in [0.4, 0.5) is 9.52 Å². The van der Waals surface area contributed by atoms with Gasteiger partial charge in [-0.1, -0.05) is 54.3 Å². The van der Waals surface area contributed by atoms with Crippen LogP contribution in [-0.4, -0.2) is 31.8 Å².